The van der Waals surface area contributed by atoms with Gasteiger partial charge in [-0.25, -0.2) is 0 Å². The molecule has 0 bridgehead atoms. The number of aromatic nitrogens is 1. The Morgan fingerprint density at radius 1 is 1.40 bits per heavy atom. The Morgan fingerprint density at radius 2 is 2.20 bits per heavy atom. The van der Waals surface area contributed by atoms with E-state index in [1.54, 1.807) is 11.3 Å². The van der Waals surface area contributed by atoms with Crippen molar-refractivity contribution in [3.8, 4) is 0 Å². The summed E-state index contributed by atoms with van der Waals surface area (Å²) < 4.78 is 9.05. The molecule has 1 N–H and O–H groups in total. The van der Waals surface area contributed by atoms with Crippen LogP contribution in [0.4, 0.5) is 0 Å². The van der Waals surface area contributed by atoms with Gasteiger partial charge in [-0.1, -0.05) is 24.3 Å². The minimum atomic E-state index is 0.140. The zero-order chi connectivity index (χ0) is 14.5. The van der Waals surface area contributed by atoms with Crippen LogP contribution in [0.2, 0.25) is 0 Å². The first-order valence-corrected chi connectivity index (χ1v) is 7.88. The average molecular weight is 292 g/mol. The number of aliphatic hydroxyl groups is 1. The molecule has 0 radical (unpaired) electrons. The summed E-state index contributed by atoms with van der Waals surface area (Å²) in [6, 6.07) is 6.44. The molecule has 1 heterocycles. The van der Waals surface area contributed by atoms with Gasteiger partial charge in [-0.2, -0.15) is 4.57 Å². The molecule has 0 saturated carbocycles. The van der Waals surface area contributed by atoms with E-state index in [-0.39, 0.29) is 6.61 Å². The van der Waals surface area contributed by atoms with E-state index in [1.165, 1.54) is 15.8 Å². The second-order valence-corrected chi connectivity index (χ2v) is 5.75. The van der Waals surface area contributed by atoms with E-state index in [0.29, 0.717) is 13.2 Å². The van der Waals surface area contributed by atoms with Crippen LogP contribution in [0.1, 0.15) is 30.8 Å². The number of thiazole rings is 1. The Bertz CT molecular complexity index is 616. The number of ether oxygens (including phenoxy) is 1. The molecule has 1 aromatic carbocycles. The summed E-state index contributed by atoms with van der Waals surface area (Å²) in [6.07, 6.45) is 2.97. The maximum absolute atomic E-state index is 9.32. The highest BCUT2D eigenvalue weighted by atomic mass is 32.1. The van der Waals surface area contributed by atoms with Crippen molar-refractivity contribution in [3.63, 3.8) is 0 Å². The second kappa shape index (κ2) is 6.86. The van der Waals surface area contributed by atoms with Crippen molar-refractivity contribution in [2.45, 2.75) is 33.7 Å². The number of fused-ring (bicyclic) bond motifs is 1. The SMILES string of the molecule is CCO/C(=C/c1sc2ccc(C)cc2[n+]1CCO)CC. The van der Waals surface area contributed by atoms with Gasteiger partial charge in [-0.3, -0.25) is 0 Å². The minimum absolute atomic E-state index is 0.140. The molecular weight excluding hydrogens is 270 g/mol. The maximum atomic E-state index is 9.32. The van der Waals surface area contributed by atoms with E-state index < -0.39 is 0 Å². The normalized spacial score (nSPS) is 12.1. The molecule has 1 aromatic heterocycles. The van der Waals surface area contributed by atoms with Gasteiger partial charge in [0.25, 0.3) is 5.01 Å². The Kier molecular flexibility index (Phi) is 5.15. The molecule has 0 atom stereocenters. The number of hydrogen-bond acceptors (Lipinski definition) is 3. The summed E-state index contributed by atoms with van der Waals surface area (Å²) in [4.78, 5) is 0. The summed E-state index contributed by atoms with van der Waals surface area (Å²) in [5.41, 5.74) is 2.42. The van der Waals surface area contributed by atoms with Gasteiger partial charge in [-0.15, -0.1) is 0 Å². The first-order chi connectivity index (χ1) is 9.69. The van der Waals surface area contributed by atoms with Gasteiger partial charge in [0, 0.05) is 12.5 Å². The Morgan fingerprint density at radius 3 is 2.85 bits per heavy atom. The highest BCUT2D eigenvalue weighted by Crippen LogP contribution is 2.24. The van der Waals surface area contributed by atoms with Crippen LogP contribution in [0.5, 0.6) is 0 Å². The summed E-state index contributed by atoms with van der Waals surface area (Å²) >= 11 is 1.74. The van der Waals surface area contributed by atoms with E-state index in [9.17, 15) is 5.11 Å². The molecule has 0 amide bonds. The number of nitrogens with zero attached hydrogens (tertiary/aromatic N) is 1. The smallest absolute Gasteiger partial charge is 0.266 e. The summed E-state index contributed by atoms with van der Waals surface area (Å²) in [5.74, 6) is 0.988. The number of aryl methyl sites for hydroxylation is 1. The molecule has 0 spiro atoms. The fraction of sp³-hybridized carbons (Fsp3) is 0.438. The van der Waals surface area contributed by atoms with E-state index in [1.807, 2.05) is 6.92 Å². The molecule has 0 fully saturated rings. The Balaban J connectivity index is 2.53. The van der Waals surface area contributed by atoms with E-state index in [2.05, 4.69) is 42.7 Å². The topological polar surface area (TPSA) is 33.3 Å². The van der Waals surface area contributed by atoms with Gasteiger partial charge >= 0.3 is 0 Å². The third-order valence-electron chi connectivity index (χ3n) is 3.17. The molecular formula is C16H22NO2S+. The Hall–Kier alpha value is -1.39. The predicted molar refractivity (Wildman–Crippen MR) is 83.7 cm³/mol. The fourth-order valence-corrected chi connectivity index (χ4v) is 3.34. The number of rotatable bonds is 6. The maximum Gasteiger partial charge on any atom is 0.266 e. The molecule has 2 aromatic rings. The molecule has 0 aliphatic rings. The summed E-state index contributed by atoms with van der Waals surface area (Å²) in [7, 11) is 0. The monoisotopic (exact) mass is 292 g/mol. The minimum Gasteiger partial charge on any atom is -0.498 e. The van der Waals surface area contributed by atoms with Gasteiger partial charge in [0.1, 0.15) is 17.1 Å². The quantitative estimate of drug-likeness (QED) is 0.655. The van der Waals surface area contributed by atoms with Crippen LogP contribution in [0.15, 0.2) is 24.0 Å². The molecule has 4 heteroatoms. The van der Waals surface area contributed by atoms with E-state index in [0.717, 1.165) is 17.2 Å². The number of hydrogen-bond donors (Lipinski definition) is 1. The molecule has 0 unspecified atom stereocenters. The van der Waals surface area contributed by atoms with Crippen LogP contribution < -0.4 is 4.57 Å². The van der Waals surface area contributed by atoms with E-state index >= 15 is 0 Å². The van der Waals surface area contributed by atoms with Crippen LogP contribution in [-0.2, 0) is 11.3 Å². The van der Waals surface area contributed by atoms with Crippen LogP contribution in [-0.4, -0.2) is 18.3 Å². The van der Waals surface area contributed by atoms with Gasteiger partial charge in [0.05, 0.1) is 12.7 Å². The first-order valence-electron chi connectivity index (χ1n) is 7.06. The highest BCUT2D eigenvalue weighted by molar-refractivity contribution is 7.18. The molecule has 20 heavy (non-hydrogen) atoms. The van der Waals surface area contributed by atoms with Crippen molar-refractivity contribution >= 4 is 27.6 Å². The zero-order valence-electron chi connectivity index (χ0n) is 12.3. The van der Waals surface area contributed by atoms with Gasteiger partial charge < -0.3 is 9.84 Å². The van der Waals surface area contributed by atoms with Gasteiger partial charge in [0.2, 0.25) is 5.52 Å². The standard InChI is InChI=1S/C16H22NO2S/c1-4-13(19-5-2)11-16-17(8-9-18)14-10-12(3)6-7-15(14)20-16/h6-7,10-11,18H,4-5,8-9H2,1-3H3/q+1/b13-11+. The molecule has 0 aliphatic carbocycles. The lowest BCUT2D eigenvalue weighted by molar-refractivity contribution is -0.670. The summed E-state index contributed by atoms with van der Waals surface area (Å²) in [5, 5.41) is 10.4. The number of allylic oxidation sites excluding steroid dienone is 1. The third kappa shape index (κ3) is 3.19. The lowest BCUT2D eigenvalue weighted by Gasteiger charge is -2.04. The van der Waals surface area contributed by atoms with Crippen molar-refractivity contribution in [2.24, 2.45) is 0 Å². The first kappa shape index (κ1) is 15.0. The third-order valence-corrected chi connectivity index (χ3v) is 4.28. The molecule has 0 saturated heterocycles. The zero-order valence-corrected chi connectivity index (χ0v) is 13.2. The highest BCUT2D eigenvalue weighted by Gasteiger charge is 2.19. The van der Waals surface area contributed by atoms with Crippen molar-refractivity contribution in [1.29, 1.82) is 0 Å². The molecule has 3 nitrogen and oxygen atoms in total. The van der Waals surface area contributed by atoms with Crippen molar-refractivity contribution in [2.75, 3.05) is 13.2 Å². The van der Waals surface area contributed by atoms with E-state index in [4.69, 9.17) is 4.74 Å². The van der Waals surface area contributed by atoms with Crippen LogP contribution in [0.3, 0.4) is 0 Å². The molecule has 108 valence electrons. The van der Waals surface area contributed by atoms with Crippen LogP contribution in [0.25, 0.3) is 16.3 Å². The number of aliphatic hydroxyl groups excluding tert-OH is 1. The van der Waals surface area contributed by atoms with Gasteiger partial charge in [-0.05, 0) is 25.5 Å². The number of benzene rings is 1. The summed E-state index contributed by atoms with van der Waals surface area (Å²) in [6.45, 7) is 7.62. The second-order valence-electron chi connectivity index (χ2n) is 4.68. The lowest BCUT2D eigenvalue weighted by Crippen LogP contribution is -2.36. The molecule has 0 aliphatic heterocycles. The average Bonchev–Trinajstić information content (AvgIpc) is 2.76. The molecule has 2 rings (SSSR count). The predicted octanol–water partition coefficient (Wildman–Crippen LogP) is 3.28. The van der Waals surface area contributed by atoms with Crippen LogP contribution >= 0.6 is 11.3 Å². The fourth-order valence-electron chi connectivity index (χ4n) is 2.22. The van der Waals surface area contributed by atoms with Crippen molar-refractivity contribution < 1.29 is 14.4 Å². The van der Waals surface area contributed by atoms with Gasteiger partial charge in [0.15, 0.2) is 6.54 Å². The largest absolute Gasteiger partial charge is 0.498 e. The lowest BCUT2D eigenvalue weighted by atomic mass is 10.2. The van der Waals surface area contributed by atoms with Crippen molar-refractivity contribution in [3.05, 3.63) is 34.5 Å². The van der Waals surface area contributed by atoms with Crippen molar-refractivity contribution in [1.82, 2.24) is 0 Å². The van der Waals surface area contributed by atoms with Crippen LogP contribution in [0, 0.1) is 6.92 Å². The Labute approximate surface area is 124 Å².